The lowest BCUT2D eigenvalue weighted by Gasteiger charge is -2.07. The molecule has 2 N–H and O–H groups in total. The van der Waals surface area contributed by atoms with Gasteiger partial charge in [0.2, 0.25) is 5.95 Å². The standard InChI is InChI=1S/C17H16BrN3O/c1-10(2)16(22)11-4-3-5-13(8-11)19-17-20-14-7-6-12(18)9-15(14)21-17/h3-10H,1-2H3,(H2,19,20,21). The van der Waals surface area contributed by atoms with Crippen LogP contribution in [0.15, 0.2) is 46.9 Å². The van der Waals surface area contributed by atoms with Crippen molar-refractivity contribution in [2.24, 2.45) is 5.92 Å². The molecule has 0 aliphatic heterocycles. The number of H-pyrrole nitrogens is 1. The Morgan fingerprint density at radius 1 is 1.23 bits per heavy atom. The molecule has 1 heterocycles. The highest BCUT2D eigenvalue weighted by atomic mass is 79.9. The summed E-state index contributed by atoms with van der Waals surface area (Å²) in [7, 11) is 0. The Kier molecular flexibility index (Phi) is 3.98. The lowest BCUT2D eigenvalue weighted by Crippen LogP contribution is -2.07. The Labute approximate surface area is 137 Å². The molecule has 112 valence electrons. The molecule has 4 nitrogen and oxygen atoms in total. The van der Waals surface area contributed by atoms with Crippen LogP contribution in [0, 0.1) is 5.92 Å². The van der Waals surface area contributed by atoms with E-state index in [4.69, 9.17) is 0 Å². The first-order valence-electron chi connectivity index (χ1n) is 7.09. The number of rotatable bonds is 4. The summed E-state index contributed by atoms with van der Waals surface area (Å²) in [6.07, 6.45) is 0. The van der Waals surface area contributed by atoms with Crippen LogP contribution >= 0.6 is 15.9 Å². The zero-order chi connectivity index (χ0) is 15.7. The highest BCUT2D eigenvalue weighted by Gasteiger charge is 2.11. The Morgan fingerprint density at radius 2 is 2.05 bits per heavy atom. The number of imidazole rings is 1. The largest absolute Gasteiger partial charge is 0.326 e. The molecule has 0 fully saturated rings. The number of nitrogens with zero attached hydrogens (tertiary/aromatic N) is 1. The van der Waals surface area contributed by atoms with Crippen LogP contribution in [-0.4, -0.2) is 15.8 Å². The van der Waals surface area contributed by atoms with Gasteiger partial charge in [-0.3, -0.25) is 4.79 Å². The molecular formula is C17H16BrN3O. The molecule has 0 amide bonds. The van der Waals surface area contributed by atoms with Gasteiger partial charge in [-0.05, 0) is 30.3 Å². The number of carbonyl (C=O) groups excluding carboxylic acids is 1. The van der Waals surface area contributed by atoms with E-state index in [-0.39, 0.29) is 11.7 Å². The number of hydrogen-bond acceptors (Lipinski definition) is 3. The van der Waals surface area contributed by atoms with Gasteiger partial charge in [0.1, 0.15) is 0 Å². The molecule has 1 aromatic heterocycles. The Bertz CT molecular complexity index is 839. The highest BCUT2D eigenvalue weighted by molar-refractivity contribution is 9.10. The second-order valence-corrected chi connectivity index (χ2v) is 6.39. The van der Waals surface area contributed by atoms with Crippen molar-refractivity contribution >= 4 is 44.4 Å². The average Bonchev–Trinajstić information content (AvgIpc) is 2.87. The highest BCUT2D eigenvalue weighted by Crippen LogP contribution is 2.22. The summed E-state index contributed by atoms with van der Waals surface area (Å²) in [5.41, 5.74) is 3.38. The number of Topliss-reactive ketones (excluding diaryl/α,β-unsaturated/α-hetero) is 1. The van der Waals surface area contributed by atoms with Crippen molar-refractivity contribution in [1.29, 1.82) is 0 Å². The molecule has 0 unspecified atom stereocenters. The Morgan fingerprint density at radius 3 is 2.82 bits per heavy atom. The lowest BCUT2D eigenvalue weighted by molar-refractivity contribution is 0.0939. The maximum Gasteiger partial charge on any atom is 0.205 e. The Balaban J connectivity index is 1.88. The second-order valence-electron chi connectivity index (χ2n) is 5.47. The first-order chi connectivity index (χ1) is 10.5. The Hall–Kier alpha value is -2.14. The van der Waals surface area contributed by atoms with Gasteiger partial charge >= 0.3 is 0 Å². The quantitative estimate of drug-likeness (QED) is 0.652. The van der Waals surface area contributed by atoms with E-state index >= 15 is 0 Å². The van der Waals surface area contributed by atoms with E-state index in [1.54, 1.807) is 0 Å². The average molecular weight is 358 g/mol. The minimum atomic E-state index is -0.0150. The summed E-state index contributed by atoms with van der Waals surface area (Å²) >= 11 is 3.44. The van der Waals surface area contributed by atoms with Crippen LogP contribution in [-0.2, 0) is 0 Å². The summed E-state index contributed by atoms with van der Waals surface area (Å²) in [4.78, 5) is 19.8. The van der Waals surface area contributed by atoms with Crippen molar-refractivity contribution in [3.8, 4) is 0 Å². The van der Waals surface area contributed by atoms with Crippen molar-refractivity contribution in [1.82, 2.24) is 9.97 Å². The first kappa shape index (κ1) is 14.8. The van der Waals surface area contributed by atoms with E-state index in [0.717, 1.165) is 21.2 Å². The SMILES string of the molecule is CC(C)C(=O)c1cccc(Nc2nc3ccc(Br)cc3[nH]2)c1. The number of aromatic amines is 1. The van der Waals surface area contributed by atoms with E-state index in [9.17, 15) is 4.79 Å². The van der Waals surface area contributed by atoms with Crippen LogP contribution in [0.4, 0.5) is 11.6 Å². The molecular weight excluding hydrogens is 342 g/mol. The molecule has 0 spiro atoms. The lowest BCUT2D eigenvalue weighted by atomic mass is 10.0. The van der Waals surface area contributed by atoms with Crippen molar-refractivity contribution in [2.45, 2.75) is 13.8 Å². The van der Waals surface area contributed by atoms with Crippen molar-refractivity contribution < 1.29 is 4.79 Å². The zero-order valence-electron chi connectivity index (χ0n) is 12.4. The predicted molar refractivity (Wildman–Crippen MR) is 92.7 cm³/mol. The number of halogens is 1. The van der Waals surface area contributed by atoms with Gasteiger partial charge in [0.05, 0.1) is 11.0 Å². The van der Waals surface area contributed by atoms with Crippen LogP contribution in [0.2, 0.25) is 0 Å². The predicted octanol–water partition coefficient (Wildman–Crippen LogP) is 4.91. The number of aromatic nitrogens is 2. The van der Waals surface area contributed by atoms with Crippen LogP contribution in [0.1, 0.15) is 24.2 Å². The summed E-state index contributed by atoms with van der Waals surface area (Å²) in [5.74, 6) is 0.776. The van der Waals surface area contributed by atoms with Crippen LogP contribution in [0.5, 0.6) is 0 Å². The van der Waals surface area contributed by atoms with Crippen LogP contribution in [0.25, 0.3) is 11.0 Å². The fourth-order valence-corrected chi connectivity index (χ4v) is 2.62. The van der Waals surface area contributed by atoms with Gasteiger partial charge in [-0.1, -0.05) is 41.9 Å². The van der Waals surface area contributed by atoms with E-state index < -0.39 is 0 Å². The maximum atomic E-state index is 12.1. The van der Waals surface area contributed by atoms with Crippen LogP contribution in [0.3, 0.4) is 0 Å². The first-order valence-corrected chi connectivity index (χ1v) is 7.89. The van der Waals surface area contributed by atoms with E-state index in [1.807, 2.05) is 56.3 Å². The molecule has 0 atom stereocenters. The second kappa shape index (κ2) is 5.93. The van der Waals surface area contributed by atoms with Gasteiger partial charge in [-0.2, -0.15) is 0 Å². The third-order valence-corrected chi connectivity index (χ3v) is 3.87. The molecule has 0 saturated carbocycles. The number of fused-ring (bicyclic) bond motifs is 1. The fourth-order valence-electron chi connectivity index (χ4n) is 2.26. The minimum Gasteiger partial charge on any atom is -0.326 e. The molecule has 22 heavy (non-hydrogen) atoms. The summed E-state index contributed by atoms with van der Waals surface area (Å²) in [5, 5.41) is 3.21. The van der Waals surface area contributed by atoms with Gasteiger partial charge in [0, 0.05) is 21.6 Å². The molecule has 3 aromatic rings. The summed E-state index contributed by atoms with van der Waals surface area (Å²) in [6, 6.07) is 13.4. The van der Waals surface area contributed by atoms with Crippen LogP contribution < -0.4 is 5.32 Å². The molecule has 5 heteroatoms. The molecule has 3 rings (SSSR count). The minimum absolute atomic E-state index is 0.0150. The number of ketones is 1. The molecule has 0 radical (unpaired) electrons. The number of anilines is 2. The molecule has 2 aromatic carbocycles. The zero-order valence-corrected chi connectivity index (χ0v) is 13.9. The number of nitrogens with one attached hydrogen (secondary N) is 2. The fraction of sp³-hybridized carbons (Fsp3) is 0.176. The van der Waals surface area contributed by atoms with Gasteiger partial charge in [0.15, 0.2) is 5.78 Å². The van der Waals surface area contributed by atoms with Gasteiger partial charge in [-0.25, -0.2) is 4.98 Å². The summed E-state index contributed by atoms with van der Waals surface area (Å²) < 4.78 is 1.000. The van der Waals surface area contributed by atoms with Gasteiger partial charge in [0.25, 0.3) is 0 Å². The van der Waals surface area contributed by atoms with Gasteiger partial charge < -0.3 is 10.3 Å². The molecule has 0 aliphatic carbocycles. The monoisotopic (exact) mass is 357 g/mol. The van der Waals surface area contributed by atoms with Crippen molar-refractivity contribution in [3.63, 3.8) is 0 Å². The third kappa shape index (κ3) is 3.04. The molecule has 0 aliphatic rings. The number of benzene rings is 2. The van der Waals surface area contributed by atoms with Crippen molar-refractivity contribution in [2.75, 3.05) is 5.32 Å². The van der Waals surface area contributed by atoms with E-state index in [1.165, 1.54) is 0 Å². The number of carbonyl (C=O) groups is 1. The number of hydrogen-bond donors (Lipinski definition) is 2. The summed E-state index contributed by atoms with van der Waals surface area (Å²) in [6.45, 7) is 3.80. The van der Waals surface area contributed by atoms with E-state index in [2.05, 4.69) is 31.2 Å². The third-order valence-electron chi connectivity index (χ3n) is 3.38. The smallest absolute Gasteiger partial charge is 0.205 e. The molecule has 0 saturated heterocycles. The maximum absolute atomic E-state index is 12.1. The normalized spacial score (nSPS) is 11.1. The molecule has 0 bridgehead atoms. The van der Waals surface area contributed by atoms with E-state index in [0.29, 0.717) is 11.5 Å². The topological polar surface area (TPSA) is 57.8 Å². The van der Waals surface area contributed by atoms with Gasteiger partial charge in [-0.15, -0.1) is 0 Å². The van der Waals surface area contributed by atoms with Crippen molar-refractivity contribution in [3.05, 3.63) is 52.5 Å².